The number of rotatable bonds is 17. The molecule has 3 saturated carbocycles. The van der Waals surface area contributed by atoms with E-state index in [1.54, 1.807) is 14.2 Å². The van der Waals surface area contributed by atoms with Gasteiger partial charge < -0.3 is 66.7 Å². The summed E-state index contributed by atoms with van der Waals surface area (Å²) in [6.45, 7) is 19.9. The number of anilines is 6. The molecule has 4 N–H and O–H groups in total. The van der Waals surface area contributed by atoms with Gasteiger partial charge in [0.2, 0.25) is 23.8 Å². The minimum Gasteiger partial charge on any atom is -0.793 e. The normalized spacial score (nSPS) is 18.8. The quantitative estimate of drug-likeness (QED) is 0.0285. The maximum atomic E-state index is 9.85. The summed E-state index contributed by atoms with van der Waals surface area (Å²) in [4.78, 5) is 108. The Morgan fingerprint density at radius 2 is 0.808 bits per heavy atom. The molecule has 120 heavy (non-hydrogen) atoms. The molecule has 3 radical (unpaired) electrons. The predicted molar refractivity (Wildman–Crippen MR) is 457 cm³/mol. The van der Waals surface area contributed by atoms with Gasteiger partial charge in [-0.1, -0.05) is 39.0 Å². The van der Waals surface area contributed by atoms with Crippen LogP contribution < -0.4 is 50.8 Å². The van der Waals surface area contributed by atoms with Crippen molar-refractivity contribution < 1.29 is 77.4 Å². The van der Waals surface area contributed by atoms with Crippen LogP contribution in [0.5, 0.6) is 0 Å². The molecule has 3 fully saturated rings. The van der Waals surface area contributed by atoms with E-state index in [4.69, 9.17) is 39.4 Å². The zero-order chi connectivity index (χ0) is 83.3. The number of nitrogens with one attached hydrogen (secondary N) is 4. The number of carbonyl (C=O) groups is 4. The molecule has 0 bridgehead atoms. The first-order valence-corrected chi connectivity index (χ1v) is 41.3. The van der Waals surface area contributed by atoms with E-state index in [0.29, 0.717) is 42.3 Å². The van der Waals surface area contributed by atoms with Crippen LogP contribution >= 0.6 is 0 Å². The first-order chi connectivity index (χ1) is 58.0. The Bertz CT molecular complexity index is 5240. The van der Waals surface area contributed by atoms with E-state index in [9.17, 15) is 19.2 Å². The number of nitrogens with zero attached hydrogens (tertiary/aromatic N) is 17. The van der Waals surface area contributed by atoms with Crippen molar-refractivity contribution in [2.24, 2.45) is 17.8 Å². The van der Waals surface area contributed by atoms with Gasteiger partial charge in [-0.3, -0.25) is 29.5 Å². The number of hydrogen-bond donors (Lipinski definition) is 4. The summed E-state index contributed by atoms with van der Waals surface area (Å²) in [6, 6.07) is 20.2. The Morgan fingerprint density at radius 3 is 1.12 bits per heavy atom. The molecule has 15 heterocycles. The Hall–Kier alpha value is -10.2. The van der Waals surface area contributed by atoms with E-state index in [1.165, 1.54) is 124 Å². The number of carbonyl (C=O) groups excluding carboxylic acids is 4. The van der Waals surface area contributed by atoms with Crippen molar-refractivity contribution in [2.45, 2.75) is 176 Å². The largest absolute Gasteiger partial charge is 1.00 e. The van der Waals surface area contributed by atoms with Crippen LogP contribution in [-0.4, -0.2) is 189 Å². The third-order valence-electron chi connectivity index (χ3n) is 22.9. The van der Waals surface area contributed by atoms with E-state index in [0.717, 1.165) is 201 Å². The van der Waals surface area contributed by atoms with Crippen molar-refractivity contribution in [3.8, 4) is 0 Å². The number of pyridine rings is 6. The summed E-state index contributed by atoms with van der Waals surface area (Å²) in [5.74, 6) is 4.81. The van der Waals surface area contributed by atoms with Gasteiger partial charge in [-0.05, 0) is 148 Å². The maximum absolute atomic E-state index is 9.85. The number of methoxy groups -OCH3 is 3. The number of aromatic nitrogens is 15. The molecule has 625 valence electrons. The van der Waals surface area contributed by atoms with Crippen molar-refractivity contribution in [3.05, 3.63) is 144 Å². The van der Waals surface area contributed by atoms with Gasteiger partial charge in [0, 0.05) is 218 Å². The Morgan fingerprint density at radius 1 is 0.458 bits per heavy atom. The first kappa shape index (κ1) is 89.1. The molecule has 3 aliphatic carbocycles. The van der Waals surface area contributed by atoms with Crippen LogP contribution in [0.2, 0.25) is 0 Å². The first-order valence-electron chi connectivity index (χ1n) is 41.3. The molecule has 12 aromatic rings. The molecule has 0 amide bonds. The molecule has 0 aromatic carbocycles. The monoisotopic (exact) mass is 1640 g/mol. The molecule has 31 nitrogen and oxygen atoms in total. The second kappa shape index (κ2) is 43.4. The van der Waals surface area contributed by atoms with Crippen LogP contribution in [0, 0.1) is 17.8 Å². The smallest absolute Gasteiger partial charge is 0.793 e. The molecule has 0 saturated heterocycles. The fourth-order valence-electron chi connectivity index (χ4n) is 16.6. The van der Waals surface area contributed by atoms with Crippen LogP contribution in [0.3, 0.4) is 0 Å². The average Bonchev–Trinajstić information content (AvgIpc) is 1.61. The molecular formula is C87H108BN21NaO10. The van der Waals surface area contributed by atoms with Gasteiger partial charge in [0.25, 0.3) is 0 Å². The van der Waals surface area contributed by atoms with Crippen LogP contribution in [0.25, 0.3) is 65.8 Å². The Labute approximate surface area is 722 Å². The fourth-order valence-corrected chi connectivity index (χ4v) is 16.6. The minimum absolute atomic E-state index is 0. The summed E-state index contributed by atoms with van der Waals surface area (Å²) in [6.07, 6.45) is 35.5. The van der Waals surface area contributed by atoms with Crippen LogP contribution in [0.4, 0.5) is 35.3 Å². The second-order valence-corrected chi connectivity index (χ2v) is 31.5. The van der Waals surface area contributed by atoms with Gasteiger partial charge in [-0.25, -0.2) is 49.3 Å². The van der Waals surface area contributed by atoms with Crippen LogP contribution in [0.1, 0.15) is 170 Å². The third kappa shape index (κ3) is 22.7. The number of hydrogen-bond acceptors (Lipinski definition) is 28. The molecule has 0 unspecified atom stereocenters. The molecule has 0 spiro atoms. The molecule has 12 aromatic heterocycles. The summed E-state index contributed by atoms with van der Waals surface area (Å²) in [7, 11) is 9.31. The summed E-state index contributed by atoms with van der Waals surface area (Å²) in [5.41, 5.74) is 13.7. The minimum atomic E-state index is -0.639. The van der Waals surface area contributed by atoms with Gasteiger partial charge >= 0.3 is 41.5 Å². The predicted octanol–water partition coefficient (Wildman–Crippen LogP) is 10.8. The van der Waals surface area contributed by atoms with E-state index in [2.05, 4.69) is 159 Å². The average molecular weight is 1640 g/mol. The molecule has 6 aliphatic rings. The zero-order valence-corrected chi connectivity index (χ0v) is 72.6. The summed E-state index contributed by atoms with van der Waals surface area (Å²) in [5, 5.41) is 20.3. The van der Waals surface area contributed by atoms with Crippen molar-refractivity contribution in [1.29, 1.82) is 0 Å². The molecule has 33 heteroatoms. The molecule has 18 rings (SSSR count). The topological polar surface area (TPSA) is 348 Å². The third-order valence-corrected chi connectivity index (χ3v) is 22.9. The second-order valence-electron chi connectivity index (χ2n) is 31.5. The number of aldehydes is 1. The SMILES string of the molecule is CC(=O)OOC(C)=O.CC1CCC(n2c3cnccc3c3cnc(Nc4ccc5c(n4)CCNC5)nc32)CC1.COCC=O.COCCN1CCc2nc(Nc3ncc4c5ccncc5n(C5CCC(C)CC5)c4n3)ccc2C1.COCCN1CCc2nc(Nc3ncc4c5ccncc5n(C5CCC(C)CC5)c4n3)ccc2C1.[B-]OC(C)=O.[Na+]. The van der Waals surface area contributed by atoms with Gasteiger partial charge in [0.1, 0.15) is 47.3 Å². The molecule has 3 aliphatic heterocycles. The van der Waals surface area contributed by atoms with E-state index in [1.807, 2.05) is 74.0 Å². The molecule has 0 atom stereocenters. The summed E-state index contributed by atoms with van der Waals surface area (Å²) >= 11 is 0. The fraction of sp³-hybridized carbons (Fsp3) is 0.471. The van der Waals surface area contributed by atoms with Crippen molar-refractivity contribution in [1.82, 2.24) is 88.6 Å². The Balaban J connectivity index is 0.000000149. The van der Waals surface area contributed by atoms with Gasteiger partial charge in [0.15, 0.2) is 0 Å². The number of fused-ring (bicyclic) bond motifs is 12. The van der Waals surface area contributed by atoms with Gasteiger partial charge in [-0.15, -0.1) is 0 Å². The summed E-state index contributed by atoms with van der Waals surface area (Å²) < 4.78 is 25.6. The van der Waals surface area contributed by atoms with Crippen LogP contribution in [-0.2, 0) is 86.7 Å². The van der Waals surface area contributed by atoms with E-state index < -0.39 is 17.9 Å². The van der Waals surface area contributed by atoms with Crippen molar-refractivity contribution >= 4 is 133 Å². The van der Waals surface area contributed by atoms with Crippen molar-refractivity contribution in [2.75, 3.05) is 89.8 Å². The van der Waals surface area contributed by atoms with Crippen LogP contribution in [0.15, 0.2) is 110 Å². The Kier molecular flexibility index (Phi) is 32.2. The van der Waals surface area contributed by atoms with E-state index >= 15 is 0 Å². The standard InChI is InChI=1S/2C27H33N7O.C24H27N7.C4H6O4.C3H6O2.C2H3BO2.Na/c2*1-18-3-6-20(7-4-18)34-24-16-28-11-9-21(24)22-15-29-27(32-26(22)34)31-25-8-5-19-17-33(13-14-35-2)12-10-23(19)30-25;1-15-2-5-17(6-3-15)31-21-14-26-10-8-18(21)19-13-27-24(30-23(19)31)29-22-7-4-16-12-25-11-9-20(16)28-22;1-3(5)7-8-4(2)6;1-5-3-2-4;1-2(4)5-3;/h2*5,8-9,11,15-16,18,20H,3-4,6-7,10,12-14,17H2,1-2H3,(H,29,30,31,32);4,7-8,10,13-15,17,25H,2-3,5-6,9,11-12H2,1H3,(H,27,28,29,30);1-2H3;2H,3H2,1H3;1H3;/q;;;;;-1;+1. The zero-order valence-electron chi connectivity index (χ0n) is 70.6. The van der Waals surface area contributed by atoms with Crippen molar-refractivity contribution in [3.63, 3.8) is 0 Å². The van der Waals surface area contributed by atoms with Gasteiger partial charge in [0.05, 0.1) is 48.4 Å². The molecular weight excluding hydrogens is 1530 g/mol. The number of ether oxygens (including phenoxy) is 3. The van der Waals surface area contributed by atoms with E-state index in [-0.39, 0.29) is 36.2 Å². The van der Waals surface area contributed by atoms with Gasteiger partial charge in [-0.2, -0.15) is 15.0 Å². The maximum Gasteiger partial charge on any atom is 1.00 e.